The number of rotatable bonds is 8. The fourth-order valence-corrected chi connectivity index (χ4v) is 3.77. The lowest BCUT2D eigenvalue weighted by atomic mass is 9.80. The van der Waals surface area contributed by atoms with Gasteiger partial charge in [0.15, 0.2) is 0 Å². The van der Waals surface area contributed by atoms with E-state index >= 15 is 0 Å². The molecule has 1 heterocycles. The minimum atomic E-state index is -1.03. The van der Waals surface area contributed by atoms with Gasteiger partial charge in [-0.05, 0) is 30.6 Å². The first-order chi connectivity index (χ1) is 12.5. The Bertz CT molecular complexity index is 571. The number of hydrogen-bond donors (Lipinski definition) is 4. The van der Waals surface area contributed by atoms with Gasteiger partial charge in [-0.15, -0.1) is 0 Å². The van der Waals surface area contributed by atoms with Crippen molar-refractivity contribution in [1.82, 2.24) is 10.2 Å². The van der Waals surface area contributed by atoms with E-state index in [1.165, 1.54) is 0 Å². The maximum atomic E-state index is 12.8. The average Bonchev–Trinajstić information content (AvgIpc) is 3.03. The molecular weight excluding hydrogens is 348 g/mol. The Balaban J connectivity index is 2.06. The Kier molecular flexibility index (Phi) is 6.99. The third kappa shape index (κ3) is 5.27. The molecule has 1 saturated carbocycles. The molecule has 0 aromatic heterocycles. The van der Waals surface area contributed by atoms with E-state index in [1.54, 1.807) is 4.90 Å². The summed E-state index contributed by atoms with van der Waals surface area (Å²) in [6, 6.07) is -1.99. The Labute approximate surface area is 161 Å². The highest BCUT2D eigenvalue weighted by molar-refractivity contribution is 6.37. The van der Waals surface area contributed by atoms with Crippen molar-refractivity contribution in [3.63, 3.8) is 0 Å². The average molecular weight is 383 g/mol. The van der Waals surface area contributed by atoms with Crippen LogP contribution in [0.15, 0.2) is 0 Å². The second-order valence-corrected chi connectivity index (χ2v) is 9.02. The van der Waals surface area contributed by atoms with E-state index < -0.39 is 36.0 Å². The van der Waals surface area contributed by atoms with E-state index in [4.69, 9.17) is 11.5 Å². The fourth-order valence-electron chi connectivity index (χ4n) is 3.77. The van der Waals surface area contributed by atoms with E-state index in [1.807, 2.05) is 20.8 Å². The molecule has 0 aromatic rings. The van der Waals surface area contributed by atoms with Crippen molar-refractivity contribution in [2.75, 3.05) is 6.54 Å². The molecule has 6 N–H and O–H groups in total. The number of nitrogens with one attached hydrogen (secondary N) is 1. The summed E-state index contributed by atoms with van der Waals surface area (Å²) >= 11 is 0. The molecular formula is C19H34N4O4. The maximum Gasteiger partial charge on any atom is 0.287 e. The van der Waals surface area contributed by atoms with Crippen LogP contribution in [0.1, 0.15) is 59.3 Å². The van der Waals surface area contributed by atoms with Crippen LogP contribution in [0.5, 0.6) is 0 Å². The fraction of sp³-hybridized carbons (Fsp3) is 0.842. The number of hydrogen-bond acceptors (Lipinski definition) is 6. The van der Waals surface area contributed by atoms with Crippen molar-refractivity contribution >= 4 is 17.6 Å². The quantitative estimate of drug-likeness (QED) is 0.431. The highest BCUT2D eigenvalue weighted by atomic mass is 16.3. The Morgan fingerprint density at radius 1 is 1.19 bits per heavy atom. The van der Waals surface area contributed by atoms with Gasteiger partial charge in [0.05, 0.1) is 12.1 Å². The number of nitrogens with two attached hydrogens (primary N) is 2. The molecule has 1 aliphatic heterocycles. The van der Waals surface area contributed by atoms with Crippen molar-refractivity contribution in [2.24, 2.45) is 22.8 Å². The first-order valence-electron chi connectivity index (χ1n) is 9.85. The molecule has 2 amide bonds. The molecule has 0 radical (unpaired) electrons. The number of ketones is 1. The normalized spacial score (nSPS) is 24.7. The second-order valence-electron chi connectivity index (χ2n) is 9.02. The second kappa shape index (κ2) is 8.67. The number of amides is 2. The van der Waals surface area contributed by atoms with Crippen LogP contribution >= 0.6 is 0 Å². The zero-order valence-corrected chi connectivity index (χ0v) is 16.6. The molecule has 8 heteroatoms. The van der Waals surface area contributed by atoms with Gasteiger partial charge < -0.3 is 21.9 Å². The van der Waals surface area contributed by atoms with Gasteiger partial charge in [-0.1, -0.05) is 40.0 Å². The molecule has 4 atom stereocenters. The van der Waals surface area contributed by atoms with Crippen molar-refractivity contribution in [1.29, 1.82) is 0 Å². The van der Waals surface area contributed by atoms with E-state index in [2.05, 4.69) is 5.32 Å². The Morgan fingerprint density at radius 3 is 2.30 bits per heavy atom. The van der Waals surface area contributed by atoms with Crippen molar-refractivity contribution in [3.8, 4) is 0 Å². The van der Waals surface area contributed by atoms with Crippen LogP contribution in [0.2, 0.25) is 0 Å². The number of Topliss-reactive ketones (excluding diaryl/α,β-unsaturated/α-hetero) is 1. The number of carbonyl (C=O) groups excluding carboxylic acids is 3. The van der Waals surface area contributed by atoms with Crippen LogP contribution in [-0.2, 0) is 14.4 Å². The predicted octanol–water partition coefficient (Wildman–Crippen LogP) is -0.128. The summed E-state index contributed by atoms with van der Waals surface area (Å²) in [5.41, 5.74) is 11.0. The van der Waals surface area contributed by atoms with Crippen LogP contribution in [0, 0.1) is 11.3 Å². The van der Waals surface area contributed by atoms with Crippen LogP contribution in [0.4, 0.5) is 0 Å². The summed E-state index contributed by atoms with van der Waals surface area (Å²) in [6.45, 7) is 6.37. The predicted molar refractivity (Wildman–Crippen MR) is 101 cm³/mol. The molecule has 1 saturated heterocycles. The zero-order chi connectivity index (χ0) is 20.4. The summed E-state index contributed by atoms with van der Waals surface area (Å²) in [6.07, 6.45) is 3.89. The van der Waals surface area contributed by atoms with E-state index in [0.29, 0.717) is 25.3 Å². The molecule has 3 unspecified atom stereocenters. The number of primary amides is 1. The van der Waals surface area contributed by atoms with Gasteiger partial charge in [-0.2, -0.15) is 0 Å². The van der Waals surface area contributed by atoms with Gasteiger partial charge in [-0.25, -0.2) is 0 Å². The summed E-state index contributed by atoms with van der Waals surface area (Å²) in [5, 5.41) is 13.4. The minimum Gasteiger partial charge on any atom is -0.377 e. The van der Waals surface area contributed by atoms with E-state index in [9.17, 15) is 19.5 Å². The standard InChI is InChI=1S/C19H34N4O4/c1-19(2,3)15(20)18(27)23-9-5-8-13(23)17(26)22-12(14(24)16(21)25)10-11-6-4-7-11/h11-13,15,18,27H,4-10,20H2,1-3H3,(H2,21,25)(H,22,26)/t12?,13?,15-,18?/m1/s1. The third-order valence-corrected chi connectivity index (χ3v) is 5.93. The molecule has 0 aromatic carbocycles. The molecule has 2 aliphatic rings. The van der Waals surface area contributed by atoms with Gasteiger partial charge in [-0.3, -0.25) is 19.3 Å². The first kappa shape index (κ1) is 21.8. The lowest BCUT2D eigenvalue weighted by Gasteiger charge is -2.38. The Hall–Kier alpha value is -1.51. The summed E-state index contributed by atoms with van der Waals surface area (Å²) in [4.78, 5) is 38.1. The summed E-state index contributed by atoms with van der Waals surface area (Å²) < 4.78 is 0. The molecule has 154 valence electrons. The van der Waals surface area contributed by atoms with E-state index in [-0.39, 0.29) is 11.3 Å². The highest BCUT2D eigenvalue weighted by Gasteiger charge is 2.41. The van der Waals surface area contributed by atoms with Crippen LogP contribution < -0.4 is 16.8 Å². The topological polar surface area (TPSA) is 139 Å². The highest BCUT2D eigenvalue weighted by Crippen LogP contribution is 2.31. The van der Waals surface area contributed by atoms with Crippen molar-refractivity contribution < 1.29 is 19.5 Å². The SMILES string of the molecule is CC(C)(C)[C@H](N)C(O)N1CCCC1C(=O)NC(CC1CCC1)C(=O)C(N)=O. The molecule has 2 fully saturated rings. The largest absolute Gasteiger partial charge is 0.377 e. The van der Waals surface area contributed by atoms with Crippen molar-refractivity contribution in [2.45, 2.75) is 83.6 Å². The van der Waals surface area contributed by atoms with Gasteiger partial charge in [0.25, 0.3) is 5.91 Å². The lowest BCUT2D eigenvalue weighted by Crippen LogP contribution is -2.59. The van der Waals surface area contributed by atoms with Gasteiger partial charge in [0, 0.05) is 12.6 Å². The molecule has 1 aliphatic carbocycles. The van der Waals surface area contributed by atoms with E-state index in [0.717, 1.165) is 25.7 Å². The summed E-state index contributed by atoms with van der Waals surface area (Å²) in [7, 11) is 0. The lowest BCUT2D eigenvalue weighted by molar-refractivity contribution is -0.140. The van der Waals surface area contributed by atoms with Gasteiger partial charge >= 0.3 is 0 Å². The molecule has 0 spiro atoms. The van der Waals surface area contributed by atoms with Gasteiger partial charge in [0.1, 0.15) is 6.23 Å². The van der Waals surface area contributed by atoms with Gasteiger partial charge in [0.2, 0.25) is 11.7 Å². The van der Waals surface area contributed by atoms with Crippen LogP contribution in [0.3, 0.4) is 0 Å². The Morgan fingerprint density at radius 2 is 1.81 bits per heavy atom. The number of nitrogens with zero attached hydrogens (tertiary/aromatic N) is 1. The van der Waals surface area contributed by atoms with Crippen molar-refractivity contribution in [3.05, 3.63) is 0 Å². The smallest absolute Gasteiger partial charge is 0.287 e. The zero-order valence-electron chi connectivity index (χ0n) is 16.6. The number of likely N-dealkylation sites (tertiary alicyclic amines) is 1. The molecule has 8 nitrogen and oxygen atoms in total. The summed E-state index contributed by atoms with van der Waals surface area (Å²) in [5.74, 6) is -1.81. The molecule has 27 heavy (non-hydrogen) atoms. The number of aliphatic hydroxyl groups is 1. The van der Waals surface area contributed by atoms with Crippen LogP contribution in [-0.4, -0.2) is 58.5 Å². The maximum absolute atomic E-state index is 12.8. The monoisotopic (exact) mass is 382 g/mol. The molecule has 2 rings (SSSR count). The molecule has 0 bridgehead atoms. The van der Waals surface area contributed by atoms with Crippen LogP contribution in [0.25, 0.3) is 0 Å². The number of aliphatic hydroxyl groups excluding tert-OH is 1. The minimum absolute atomic E-state index is 0.322. The third-order valence-electron chi connectivity index (χ3n) is 5.93. The number of carbonyl (C=O) groups is 3. The first-order valence-corrected chi connectivity index (χ1v) is 9.85.